The first-order valence-electron chi connectivity index (χ1n) is 9.82. The molecule has 1 N–H and O–H groups in total. The quantitative estimate of drug-likeness (QED) is 0.529. The number of imide groups is 1. The highest BCUT2D eigenvalue weighted by Gasteiger charge is 2.49. The zero-order valence-corrected chi connectivity index (χ0v) is 17.7. The maximum absolute atomic E-state index is 12.5. The van der Waals surface area contributed by atoms with Crippen molar-refractivity contribution in [1.29, 1.82) is 0 Å². The second kappa shape index (κ2) is 9.76. The molecule has 0 bridgehead atoms. The molecule has 0 radical (unpaired) electrons. The third kappa shape index (κ3) is 4.62. The Kier molecular flexibility index (Phi) is 7.09. The van der Waals surface area contributed by atoms with Crippen LogP contribution in [0.1, 0.15) is 0 Å². The molecular weight excluding hydrogens is 426 g/mol. The first-order valence-corrected chi connectivity index (χ1v) is 9.82. The van der Waals surface area contributed by atoms with Gasteiger partial charge in [0, 0.05) is 51.5 Å². The lowest BCUT2D eigenvalue weighted by atomic mass is 10.2. The lowest BCUT2D eigenvalue weighted by Crippen LogP contribution is -2.51. The summed E-state index contributed by atoms with van der Waals surface area (Å²) in [5.41, 5.74) is 1.00. The van der Waals surface area contributed by atoms with E-state index in [0.717, 1.165) is 5.69 Å². The number of halogens is 1. The molecule has 4 amide bonds. The summed E-state index contributed by atoms with van der Waals surface area (Å²) < 4.78 is 5.37. The number of hydroxylamine groups is 2. The van der Waals surface area contributed by atoms with Crippen molar-refractivity contribution in [2.24, 2.45) is 0 Å². The third-order valence-corrected chi connectivity index (χ3v) is 5.38. The maximum atomic E-state index is 12.5. The van der Waals surface area contributed by atoms with Gasteiger partial charge >= 0.3 is 12.1 Å². The fourth-order valence-corrected chi connectivity index (χ4v) is 3.75. The molecule has 11 heteroatoms. The van der Waals surface area contributed by atoms with Crippen LogP contribution in [0, 0.1) is 12.3 Å². The van der Waals surface area contributed by atoms with Crippen LogP contribution >= 0.6 is 12.4 Å². The Labute approximate surface area is 186 Å². The Morgan fingerprint density at radius 2 is 1.84 bits per heavy atom. The van der Waals surface area contributed by atoms with Crippen molar-refractivity contribution in [1.82, 2.24) is 20.2 Å². The molecule has 3 saturated heterocycles. The number of benzene rings is 1. The summed E-state index contributed by atoms with van der Waals surface area (Å²) in [5, 5.41) is 3.66. The number of hydrogen-bond donors (Lipinski definition) is 1. The van der Waals surface area contributed by atoms with Crippen LogP contribution in [0.4, 0.5) is 15.3 Å². The second-order valence-electron chi connectivity index (χ2n) is 7.15. The Balaban J connectivity index is 0.00000272. The molecule has 0 saturated carbocycles. The van der Waals surface area contributed by atoms with Gasteiger partial charge in [0.05, 0.1) is 0 Å². The van der Waals surface area contributed by atoms with Gasteiger partial charge in [-0.05, 0) is 24.3 Å². The molecule has 3 aliphatic rings. The predicted molar refractivity (Wildman–Crippen MR) is 114 cm³/mol. The van der Waals surface area contributed by atoms with Crippen molar-refractivity contribution in [3.63, 3.8) is 0 Å². The molecule has 1 unspecified atom stereocenters. The normalized spacial score (nSPS) is 20.7. The fraction of sp³-hybridized carbons (Fsp3) is 0.450. The fourth-order valence-electron chi connectivity index (χ4n) is 3.75. The van der Waals surface area contributed by atoms with E-state index in [1.807, 2.05) is 24.3 Å². The number of fused-ring (bicyclic) bond motifs is 1. The van der Waals surface area contributed by atoms with Crippen LogP contribution in [0.2, 0.25) is 0 Å². The molecule has 3 heterocycles. The van der Waals surface area contributed by atoms with Gasteiger partial charge in [-0.3, -0.25) is 4.79 Å². The van der Waals surface area contributed by atoms with Gasteiger partial charge in [-0.25, -0.2) is 9.59 Å². The second-order valence-corrected chi connectivity index (χ2v) is 7.15. The van der Waals surface area contributed by atoms with Gasteiger partial charge in [0.15, 0.2) is 0 Å². The SMILES string of the molecule is C#CCOc1ccc(N2CCN(C(=O)ON3C(=O)C4CNCCN4C3=O)CC2)cc1.Cl. The molecule has 4 rings (SSSR count). The molecule has 0 aromatic heterocycles. The van der Waals surface area contributed by atoms with Crippen molar-refractivity contribution in [3.8, 4) is 18.1 Å². The summed E-state index contributed by atoms with van der Waals surface area (Å²) in [6.07, 6.45) is 4.49. The minimum Gasteiger partial charge on any atom is -0.481 e. The number of amides is 4. The average Bonchev–Trinajstić information content (AvgIpc) is 3.03. The van der Waals surface area contributed by atoms with E-state index < -0.39 is 24.1 Å². The molecule has 1 aromatic rings. The van der Waals surface area contributed by atoms with Crippen molar-refractivity contribution < 1.29 is 24.0 Å². The summed E-state index contributed by atoms with van der Waals surface area (Å²) in [6.45, 7) is 3.63. The van der Waals surface area contributed by atoms with Crippen molar-refractivity contribution in [2.45, 2.75) is 6.04 Å². The Bertz CT molecular complexity index is 842. The number of piperazine rings is 2. The van der Waals surface area contributed by atoms with Crippen LogP contribution in [0.25, 0.3) is 0 Å². The zero-order chi connectivity index (χ0) is 21.1. The summed E-state index contributed by atoms with van der Waals surface area (Å²) in [6, 6.07) is 6.38. The first kappa shape index (κ1) is 22.5. The van der Waals surface area contributed by atoms with Crippen LogP contribution < -0.4 is 15.0 Å². The van der Waals surface area contributed by atoms with Gasteiger partial charge in [-0.2, -0.15) is 0 Å². The van der Waals surface area contributed by atoms with E-state index in [9.17, 15) is 14.4 Å². The van der Waals surface area contributed by atoms with E-state index >= 15 is 0 Å². The van der Waals surface area contributed by atoms with Crippen LogP contribution in [0.3, 0.4) is 0 Å². The highest BCUT2D eigenvalue weighted by Crippen LogP contribution is 2.22. The Morgan fingerprint density at radius 1 is 1.13 bits per heavy atom. The van der Waals surface area contributed by atoms with Gasteiger partial charge in [0.2, 0.25) is 0 Å². The summed E-state index contributed by atoms with van der Waals surface area (Å²) >= 11 is 0. The van der Waals surface area contributed by atoms with Gasteiger partial charge in [-0.15, -0.1) is 18.8 Å². The number of nitrogens with zero attached hydrogens (tertiary/aromatic N) is 4. The number of carbonyl (C=O) groups is 3. The molecule has 3 fully saturated rings. The molecule has 3 aliphatic heterocycles. The van der Waals surface area contributed by atoms with Gasteiger partial charge < -0.3 is 29.6 Å². The van der Waals surface area contributed by atoms with Crippen molar-refractivity contribution in [3.05, 3.63) is 24.3 Å². The smallest absolute Gasteiger partial charge is 0.434 e. The predicted octanol–water partition coefficient (Wildman–Crippen LogP) is 0.530. The summed E-state index contributed by atoms with van der Waals surface area (Å²) in [7, 11) is 0. The van der Waals surface area contributed by atoms with Crippen LogP contribution in [0.15, 0.2) is 24.3 Å². The van der Waals surface area contributed by atoms with E-state index in [1.165, 1.54) is 9.80 Å². The number of nitrogens with one attached hydrogen (secondary N) is 1. The monoisotopic (exact) mass is 449 g/mol. The number of carbonyl (C=O) groups excluding carboxylic acids is 3. The van der Waals surface area contributed by atoms with Gasteiger partial charge in [-0.1, -0.05) is 11.0 Å². The molecule has 166 valence electrons. The minimum atomic E-state index is -0.692. The van der Waals surface area contributed by atoms with Gasteiger partial charge in [0.1, 0.15) is 18.4 Å². The number of terminal acetylenes is 1. The van der Waals surface area contributed by atoms with Crippen LogP contribution in [-0.4, -0.2) is 91.4 Å². The van der Waals surface area contributed by atoms with E-state index in [4.69, 9.17) is 16.0 Å². The number of hydrogen-bond acceptors (Lipinski definition) is 7. The van der Waals surface area contributed by atoms with E-state index in [-0.39, 0.29) is 19.0 Å². The first-order chi connectivity index (χ1) is 14.6. The maximum Gasteiger partial charge on any atom is 0.434 e. The lowest BCUT2D eigenvalue weighted by molar-refractivity contribution is -0.151. The number of urea groups is 1. The standard InChI is InChI=1S/C20H23N5O5.ClH/c1-2-13-29-16-5-3-15(4-6-16)22-9-11-23(12-10-22)20(28)30-25-18(26)17-14-21-7-8-24(17)19(25)27;/h1,3-6,17,21H,7-14H2;1H. The topological polar surface area (TPSA) is 94.7 Å². The van der Waals surface area contributed by atoms with Crippen LogP contribution in [-0.2, 0) is 9.63 Å². The molecule has 0 aliphatic carbocycles. The highest BCUT2D eigenvalue weighted by molar-refractivity contribution is 6.04. The summed E-state index contributed by atoms with van der Waals surface area (Å²) in [4.78, 5) is 47.5. The van der Waals surface area contributed by atoms with Crippen LogP contribution in [0.5, 0.6) is 5.75 Å². The molecule has 0 spiro atoms. The van der Waals surface area contributed by atoms with E-state index in [0.29, 0.717) is 56.6 Å². The molecule has 1 atom stereocenters. The Morgan fingerprint density at radius 3 is 2.48 bits per heavy atom. The lowest BCUT2D eigenvalue weighted by Gasteiger charge is -2.35. The summed E-state index contributed by atoms with van der Waals surface area (Å²) in [5.74, 6) is 2.61. The average molecular weight is 450 g/mol. The van der Waals surface area contributed by atoms with E-state index in [2.05, 4.69) is 16.1 Å². The van der Waals surface area contributed by atoms with Gasteiger partial charge in [0.25, 0.3) is 5.91 Å². The van der Waals surface area contributed by atoms with E-state index in [1.54, 1.807) is 0 Å². The molecular formula is C20H24ClN5O5. The number of anilines is 1. The number of rotatable bonds is 4. The number of ether oxygens (including phenoxy) is 1. The molecule has 1 aromatic carbocycles. The third-order valence-electron chi connectivity index (χ3n) is 5.38. The molecule has 10 nitrogen and oxygen atoms in total. The molecule has 31 heavy (non-hydrogen) atoms. The largest absolute Gasteiger partial charge is 0.481 e. The Hall–Kier alpha value is -3.16. The highest BCUT2D eigenvalue weighted by atomic mass is 35.5. The van der Waals surface area contributed by atoms with Crippen molar-refractivity contribution >= 4 is 36.1 Å². The zero-order valence-electron chi connectivity index (χ0n) is 16.9. The minimum absolute atomic E-state index is 0. The van der Waals surface area contributed by atoms with Crippen molar-refractivity contribution in [2.75, 3.05) is 57.3 Å².